The maximum absolute atomic E-state index is 12.0. The molecule has 1 aromatic rings. The zero-order valence-electron chi connectivity index (χ0n) is 10.7. The summed E-state index contributed by atoms with van der Waals surface area (Å²) in [6, 6.07) is 0.456. The quantitative estimate of drug-likeness (QED) is 0.531. The van der Waals surface area contributed by atoms with Gasteiger partial charge in [-0.3, -0.25) is 9.59 Å². The van der Waals surface area contributed by atoms with Gasteiger partial charge in [-0.2, -0.15) is 12.6 Å². The van der Waals surface area contributed by atoms with E-state index in [2.05, 4.69) is 17.9 Å². The van der Waals surface area contributed by atoms with Gasteiger partial charge in [-0.1, -0.05) is 0 Å². The summed E-state index contributed by atoms with van der Waals surface area (Å²) in [5.41, 5.74) is 0.657. The van der Waals surface area contributed by atoms with Crippen molar-refractivity contribution in [2.75, 3.05) is 5.75 Å². The molecule has 1 rings (SSSR count). The maximum atomic E-state index is 12.0. The molecule has 0 fully saturated rings. The number of aliphatic carboxylic acids is 1. The molecule has 0 saturated heterocycles. The van der Waals surface area contributed by atoms with Gasteiger partial charge in [-0.05, 0) is 25.2 Å². The molecule has 1 aromatic heterocycles. The van der Waals surface area contributed by atoms with Gasteiger partial charge in [-0.25, -0.2) is 4.79 Å². The summed E-state index contributed by atoms with van der Waals surface area (Å²) < 4.78 is 1.49. The van der Waals surface area contributed by atoms with Crippen molar-refractivity contribution >= 4 is 30.3 Å². The highest BCUT2D eigenvalue weighted by Crippen LogP contribution is 2.09. The van der Waals surface area contributed by atoms with Crippen LogP contribution in [0.25, 0.3) is 0 Å². The van der Waals surface area contributed by atoms with Gasteiger partial charge in [-0.15, -0.1) is 0 Å². The van der Waals surface area contributed by atoms with Crippen LogP contribution in [-0.4, -0.2) is 39.1 Å². The number of carbonyl (C=O) groups is 3. The molecule has 104 valence electrons. The lowest BCUT2D eigenvalue weighted by Crippen LogP contribution is -2.41. The minimum absolute atomic E-state index is 0.153. The van der Waals surface area contributed by atoms with Gasteiger partial charge in [0.2, 0.25) is 0 Å². The number of carboxylic acids is 1. The first kappa shape index (κ1) is 15.3. The third kappa shape index (κ3) is 3.85. The Labute approximate surface area is 116 Å². The van der Waals surface area contributed by atoms with Crippen LogP contribution in [0.3, 0.4) is 0 Å². The molecule has 6 nitrogen and oxygen atoms in total. The van der Waals surface area contributed by atoms with Gasteiger partial charge in [0.1, 0.15) is 11.7 Å². The number of nitrogens with zero attached hydrogens (tertiary/aromatic N) is 1. The molecule has 0 spiro atoms. The Kier molecular flexibility index (Phi) is 5.17. The van der Waals surface area contributed by atoms with Gasteiger partial charge < -0.3 is 15.0 Å². The Balaban J connectivity index is 2.88. The predicted octanol–water partition coefficient (Wildman–Crippen LogP) is 0.731. The van der Waals surface area contributed by atoms with Crippen LogP contribution in [0.4, 0.5) is 0 Å². The zero-order chi connectivity index (χ0) is 14.6. The standard InChI is InChI=1S/C12H16N2O4S/c1-7(15)8-5-10(14(2)6-8)11(16)13-9(3-4-19)12(17)18/h5-6,9,19H,3-4H2,1-2H3,(H,13,16)(H,17,18). The molecule has 1 heterocycles. The summed E-state index contributed by atoms with van der Waals surface area (Å²) in [5.74, 6) is -1.43. The Morgan fingerprint density at radius 1 is 1.47 bits per heavy atom. The van der Waals surface area contributed by atoms with E-state index in [0.29, 0.717) is 11.3 Å². The average Bonchev–Trinajstić information content (AvgIpc) is 2.70. The second-order valence-corrected chi connectivity index (χ2v) is 4.60. The molecular formula is C12H16N2O4S. The molecule has 19 heavy (non-hydrogen) atoms. The Bertz CT molecular complexity index is 510. The van der Waals surface area contributed by atoms with E-state index in [-0.39, 0.29) is 17.9 Å². The minimum atomic E-state index is -1.11. The third-order valence-corrected chi connectivity index (χ3v) is 2.92. The number of nitrogens with one attached hydrogen (secondary N) is 1. The van der Waals surface area contributed by atoms with E-state index in [1.165, 1.54) is 23.8 Å². The van der Waals surface area contributed by atoms with Crippen LogP contribution < -0.4 is 5.32 Å². The van der Waals surface area contributed by atoms with Crippen molar-refractivity contribution < 1.29 is 19.5 Å². The molecule has 2 N–H and O–H groups in total. The Hall–Kier alpha value is -1.76. The fourth-order valence-corrected chi connectivity index (χ4v) is 1.86. The highest BCUT2D eigenvalue weighted by atomic mass is 32.1. The predicted molar refractivity (Wildman–Crippen MR) is 72.8 cm³/mol. The number of aryl methyl sites for hydroxylation is 1. The van der Waals surface area contributed by atoms with E-state index in [4.69, 9.17) is 5.11 Å². The molecule has 0 bridgehead atoms. The lowest BCUT2D eigenvalue weighted by molar-refractivity contribution is -0.139. The van der Waals surface area contributed by atoms with Crippen LogP contribution in [-0.2, 0) is 11.8 Å². The second kappa shape index (κ2) is 6.42. The van der Waals surface area contributed by atoms with Crippen molar-refractivity contribution in [2.45, 2.75) is 19.4 Å². The van der Waals surface area contributed by atoms with Gasteiger partial charge >= 0.3 is 5.97 Å². The first-order chi connectivity index (χ1) is 8.86. The van der Waals surface area contributed by atoms with Gasteiger partial charge in [0, 0.05) is 18.8 Å². The summed E-state index contributed by atoms with van der Waals surface area (Å²) in [7, 11) is 1.62. The molecule has 0 aliphatic heterocycles. The summed E-state index contributed by atoms with van der Waals surface area (Å²) in [6.07, 6.45) is 1.76. The summed E-state index contributed by atoms with van der Waals surface area (Å²) >= 11 is 3.95. The second-order valence-electron chi connectivity index (χ2n) is 4.16. The van der Waals surface area contributed by atoms with Crippen molar-refractivity contribution in [2.24, 2.45) is 7.05 Å². The van der Waals surface area contributed by atoms with Crippen LogP contribution in [0, 0.1) is 0 Å². The van der Waals surface area contributed by atoms with Crippen molar-refractivity contribution in [3.05, 3.63) is 23.5 Å². The van der Waals surface area contributed by atoms with E-state index in [1.807, 2.05) is 0 Å². The van der Waals surface area contributed by atoms with Crippen molar-refractivity contribution in [3.8, 4) is 0 Å². The molecule has 1 atom stereocenters. The lowest BCUT2D eigenvalue weighted by Gasteiger charge is -2.13. The molecule has 0 radical (unpaired) electrons. The number of hydrogen-bond donors (Lipinski definition) is 3. The van der Waals surface area contributed by atoms with Crippen LogP contribution in [0.15, 0.2) is 12.3 Å². The number of amides is 1. The zero-order valence-corrected chi connectivity index (χ0v) is 11.6. The molecule has 0 saturated carbocycles. The highest BCUT2D eigenvalue weighted by Gasteiger charge is 2.21. The molecular weight excluding hydrogens is 268 g/mol. The largest absolute Gasteiger partial charge is 0.480 e. The number of Topliss-reactive ketones (excluding diaryl/α,β-unsaturated/α-hetero) is 1. The fourth-order valence-electron chi connectivity index (χ4n) is 1.60. The van der Waals surface area contributed by atoms with E-state index in [0.717, 1.165) is 0 Å². The Morgan fingerprint density at radius 3 is 2.53 bits per heavy atom. The van der Waals surface area contributed by atoms with Crippen LogP contribution in [0.1, 0.15) is 34.2 Å². The summed E-state index contributed by atoms with van der Waals surface area (Å²) in [6.45, 7) is 1.40. The average molecular weight is 284 g/mol. The molecule has 0 aromatic carbocycles. The van der Waals surface area contributed by atoms with E-state index < -0.39 is 17.9 Å². The number of thiol groups is 1. The fraction of sp³-hybridized carbons (Fsp3) is 0.417. The molecule has 0 aliphatic carbocycles. The molecule has 7 heteroatoms. The van der Waals surface area contributed by atoms with Crippen molar-refractivity contribution in [3.63, 3.8) is 0 Å². The van der Waals surface area contributed by atoms with Crippen LogP contribution in [0.2, 0.25) is 0 Å². The maximum Gasteiger partial charge on any atom is 0.326 e. The highest BCUT2D eigenvalue weighted by molar-refractivity contribution is 7.80. The first-order valence-corrected chi connectivity index (χ1v) is 6.32. The van der Waals surface area contributed by atoms with E-state index in [1.54, 1.807) is 7.05 Å². The van der Waals surface area contributed by atoms with E-state index in [9.17, 15) is 14.4 Å². The van der Waals surface area contributed by atoms with Crippen molar-refractivity contribution in [1.29, 1.82) is 0 Å². The topological polar surface area (TPSA) is 88.4 Å². The normalized spacial score (nSPS) is 11.9. The van der Waals surface area contributed by atoms with Gasteiger partial charge in [0.15, 0.2) is 5.78 Å². The number of aromatic nitrogens is 1. The number of carboxylic acid groups (broad SMARTS) is 1. The first-order valence-electron chi connectivity index (χ1n) is 5.68. The van der Waals surface area contributed by atoms with E-state index >= 15 is 0 Å². The third-order valence-electron chi connectivity index (χ3n) is 2.67. The minimum Gasteiger partial charge on any atom is -0.480 e. The SMILES string of the molecule is CC(=O)c1cc(C(=O)NC(CCS)C(=O)O)n(C)c1. The Morgan fingerprint density at radius 2 is 2.11 bits per heavy atom. The van der Waals surface area contributed by atoms with Gasteiger partial charge in [0.25, 0.3) is 5.91 Å². The van der Waals surface area contributed by atoms with Gasteiger partial charge in [0.05, 0.1) is 0 Å². The number of rotatable bonds is 6. The lowest BCUT2D eigenvalue weighted by atomic mass is 10.2. The van der Waals surface area contributed by atoms with Crippen LogP contribution >= 0.6 is 12.6 Å². The molecule has 1 amide bonds. The number of ketones is 1. The monoisotopic (exact) mass is 284 g/mol. The summed E-state index contributed by atoms with van der Waals surface area (Å²) in [4.78, 5) is 34.1. The molecule has 1 unspecified atom stereocenters. The number of hydrogen-bond acceptors (Lipinski definition) is 4. The molecule has 0 aliphatic rings. The number of carbonyl (C=O) groups excluding carboxylic acids is 2. The van der Waals surface area contributed by atoms with Crippen molar-refractivity contribution in [1.82, 2.24) is 9.88 Å². The summed E-state index contributed by atoms with van der Waals surface area (Å²) in [5, 5.41) is 11.4. The smallest absolute Gasteiger partial charge is 0.326 e. The van der Waals surface area contributed by atoms with Crippen LogP contribution in [0.5, 0.6) is 0 Å².